The smallest absolute Gasteiger partial charge is 0.306 e. The lowest BCUT2D eigenvalue weighted by Gasteiger charge is -2.27. The van der Waals surface area contributed by atoms with Gasteiger partial charge in [0.1, 0.15) is 0 Å². The molecule has 0 radical (unpaired) electrons. The number of carboxylic acids is 1. The van der Waals surface area contributed by atoms with E-state index in [1.54, 1.807) is 12.1 Å². The Labute approximate surface area is 126 Å². The Balaban J connectivity index is 2.08. The Hall–Kier alpha value is -0.920. The van der Waals surface area contributed by atoms with Gasteiger partial charge in [-0.05, 0) is 43.5 Å². The molecular weight excluding hydrogens is 346 g/mol. The van der Waals surface area contributed by atoms with E-state index in [1.807, 2.05) is 0 Å². The largest absolute Gasteiger partial charge is 0.481 e. The molecule has 1 fully saturated rings. The second-order valence-corrected chi connectivity index (χ2v) is 7.60. The predicted octanol–water partition coefficient (Wildman–Crippen LogP) is 2.37. The van der Waals surface area contributed by atoms with Crippen molar-refractivity contribution in [2.75, 3.05) is 0 Å². The van der Waals surface area contributed by atoms with Crippen LogP contribution in [0.15, 0.2) is 33.6 Å². The summed E-state index contributed by atoms with van der Waals surface area (Å²) in [4.78, 5) is 11.2. The first-order chi connectivity index (χ1) is 9.38. The van der Waals surface area contributed by atoms with Crippen LogP contribution >= 0.6 is 15.9 Å². The molecular formula is C13H16BrNO4S. The normalized spacial score (nSPS) is 23.4. The number of aliphatic carboxylic acids is 1. The van der Waals surface area contributed by atoms with Crippen molar-refractivity contribution < 1.29 is 18.3 Å². The first-order valence-electron chi connectivity index (χ1n) is 6.39. The maximum absolute atomic E-state index is 12.2. The Morgan fingerprint density at radius 1 is 1.25 bits per heavy atom. The van der Waals surface area contributed by atoms with Crippen molar-refractivity contribution in [1.82, 2.24) is 4.72 Å². The van der Waals surface area contributed by atoms with Gasteiger partial charge < -0.3 is 5.11 Å². The molecule has 20 heavy (non-hydrogen) atoms. The lowest BCUT2D eigenvalue weighted by Crippen LogP contribution is -2.39. The molecule has 7 heteroatoms. The topological polar surface area (TPSA) is 83.5 Å². The molecule has 1 saturated carbocycles. The number of sulfonamides is 1. The van der Waals surface area contributed by atoms with Gasteiger partial charge in [-0.15, -0.1) is 0 Å². The second kappa shape index (κ2) is 6.24. The van der Waals surface area contributed by atoms with E-state index >= 15 is 0 Å². The summed E-state index contributed by atoms with van der Waals surface area (Å²) in [6.45, 7) is 0. The highest BCUT2D eigenvalue weighted by Crippen LogP contribution is 2.26. The Morgan fingerprint density at radius 2 is 1.90 bits per heavy atom. The van der Waals surface area contributed by atoms with Crippen molar-refractivity contribution in [3.63, 3.8) is 0 Å². The number of carbonyl (C=O) groups is 1. The number of halogens is 1. The first-order valence-corrected chi connectivity index (χ1v) is 8.67. The predicted molar refractivity (Wildman–Crippen MR) is 77.8 cm³/mol. The summed E-state index contributed by atoms with van der Waals surface area (Å²) in [5.74, 6) is -1.31. The zero-order valence-corrected chi connectivity index (χ0v) is 13.2. The van der Waals surface area contributed by atoms with Crippen LogP contribution in [0.25, 0.3) is 0 Å². The number of hydrogen-bond donors (Lipinski definition) is 2. The number of hydrogen-bond acceptors (Lipinski definition) is 3. The van der Waals surface area contributed by atoms with Gasteiger partial charge >= 0.3 is 5.97 Å². The minimum absolute atomic E-state index is 0.193. The van der Waals surface area contributed by atoms with Crippen LogP contribution in [0.4, 0.5) is 0 Å². The molecule has 0 spiro atoms. The summed E-state index contributed by atoms with van der Waals surface area (Å²) in [5.41, 5.74) is 0. The van der Waals surface area contributed by atoms with Gasteiger partial charge in [0, 0.05) is 10.5 Å². The maximum Gasteiger partial charge on any atom is 0.306 e. The Kier molecular flexibility index (Phi) is 4.82. The van der Waals surface area contributed by atoms with E-state index in [1.165, 1.54) is 12.1 Å². The highest BCUT2D eigenvalue weighted by Gasteiger charge is 2.29. The SMILES string of the molecule is O=C(O)C1CCCC(NS(=O)(=O)c2ccc(Br)cc2)C1. The van der Waals surface area contributed by atoms with Gasteiger partial charge in [0.2, 0.25) is 10.0 Å². The molecule has 2 unspecified atom stereocenters. The van der Waals surface area contributed by atoms with Gasteiger partial charge in [-0.3, -0.25) is 4.79 Å². The van der Waals surface area contributed by atoms with Crippen LogP contribution in [-0.2, 0) is 14.8 Å². The van der Waals surface area contributed by atoms with Crippen molar-refractivity contribution in [2.24, 2.45) is 5.92 Å². The standard InChI is InChI=1S/C13H16BrNO4S/c14-10-4-6-12(7-5-10)20(18,19)15-11-3-1-2-9(8-11)13(16)17/h4-7,9,11,15H,1-3,8H2,(H,16,17). The van der Waals surface area contributed by atoms with Crippen LogP contribution in [-0.4, -0.2) is 25.5 Å². The quantitative estimate of drug-likeness (QED) is 0.862. The molecule has 1 aromatic carbocycles. The molecule has 0 saturated heterocycles. The van der Waals surface area contributed by atoms with Crippen molar-refractivity contribution >= 4 is 31.9 Å². The highest BCUT2D eigenvalue weighted by molar-refractivity contribution is 9.10. The van der Waals surface area contributed by atoms with E-state index in [9.17, 15) is 13.2 Å². The Morgan fingerprint density at radius 3 is 2.50 bits per heavy atom. The molecule has 2 N–H and O–H groups in total. The summed E-state index contributed by atoms with van der Waals surface area (Å²) in [6, 6.07) is 6.05. The van der Waals surface area contributed by atoms with Crippen LogP contribution in [0.2, 0.25) is 0 Å². The van der Waals surface area contributed by atoms with E-state index in [2.05, 4.69) is 20.7 Å². The summed E-state index contributed by atoms with van der Waals surface area (Å²) < 4.78 is 27.8. The van der Waals surface area contributed by atoms with Gasteiger partial charge in [0.25, 0.3) is 0 Å². The Bertz CT molecular complexity index is 585. The third kappa shape index (κ3) is 3.80. The minimum atomic E-state index is -3.59. The molecule has 0 amide bonds. The summed E-state index contributed by atoms with van der Waals surface area (Å²) in [5, 5.41) is 9.02. The van der Waals surface area contributed by atoms with Gasteiger partial charge in [-0.25, -0.2) is 13.1 Å². The van der Waals surface area contributed by atoms with Crippen LogP contribution in [0, 0.1) is 5.92 Å². The number of rotatable bonds is 4. The van der Waals surface area contributed by atoms with E-state index in [-0.39, 0.29) is 10.9 Å². The van der Waals surface area contributed by atoms with Crippen molar-refractivity contribution in [1.29, 1.82) is 0 Å². The molecule has 0 heterocycles. The van der Waals surface area contributed by atoms with E-state index in [0.29, 0.717) is 19.3 Å². The van der Waals surface area contributed by atoms with Crippen LogP contribution in [0.3, 0.4) is 0 Å². The van der Waals surface area contributed by atoms with Crippen molar-refractivity contribution in [3.05, 3.63) is 28.7 Å². The first kappa shape index (κ1) is 15.5. The molecule has 0 bridgehead atoms. The van der Waals surface area contributed by atoms with E-state index in [4.69, 9.17) is 5.11 Å². The van der Waals surface area contributed by atoms with Crippen LogP contribution in [0.1, 0.15) is 25.7 Å². The van der Waals surface area contributed by atoms with Gasteiger partial charge in [0.15, 0.2) is 0 Å². The monoisotopic (exact) mass is 361 g/mol. The molecule has 5 nitrogen and oxygen atoms in total. The molecule has 1 aliphatic carbocycles. The molecule has 0 aromatic heterocycles. The van der Waals surface area contributed by atoms with E-state index < -0.39 is 21.9 Å². The maximum atomic E-state index is 12.2. The molecule has 1 aromatic rings. The minimum Gasteiger partial charge on any atom is -0.481 e. The fraction of sp³-hybridized carbons (Fsp3) is 0.462. The molecule has 2 atom stereocenters. The summed E-state index contributed by atoms with van der Waals surface area (Å²) >= 11 is 3.25. The molecule has 0 aliphatic heterocycles. The highest BCUT2D eigenvalue weighted by atomic mass is 79.9. The second-order valence-electron chi connectivity index (χ2n) is 4.97. The number of benzene rings is 1. The molecule has 110 valence electrons. The lowest BCUT2D eigenvalue weighted by atomic mass is 9.86. The van der Waals surface area contributed by atoms with Gasteiger partial charge in [-0.1, -0.05) is 22.4 Å². The third-order valence-electron chi connectivity index (χ3n) is 3.47. The number of carboxylic acid groups (broad SMARTS) is 1. The summed E-state index contributed by atoms with van der Waals surface area (Å²) in [7, 11) is -3.59. The zero-order valence-electron chi connectivity index (χ0n) is 10.8. The third-order valence-corrected chi connectivity index (χ3v) is 5.53. The van der Waals surface area contributed by atoms with Crippen molar-refractivity contribution in [3.8, 4) is 0 Å². The van der Waals surface area contributed by atoms with Gasteiger partial charge in [-0.2, -0.15) is 0 Å². The number of nitrogens with one attached hydrogen (secondary N) is 1. The lowest BCUT2D eigenvalue weighted by molar-refractivity contribution is -0.143. The average molecular weight is 362 g/mol. The van der Waals surface area contributed by atoms with Crippen LogP contribution < -0.4 is 4.72 Å². The van der Waals surface area contributed by atoms with Crippen LogP contribution in [0.5, 0.6) is 0 Å². The summed E-state index contributed by atoms with van der Waals surface area (Å²) in [6.07, 6.45) is 2.38. The fourth-order valence-electron chi connectivity index (χ4n) is 2.42. The van der Waals surface area contributed by atoms with E-state index in [0.717, 1.165) is 10.9 Å². The average Bonchev–Trinajstić information content (AvgIpc) is 2.39. The zero-order chi connectivity index (χ0) is 14.8. The molecule has 1 aliphatic rings. The van der Waals surface area contributed by atoms with Gasteiger partial charge in [0.05, 0.1) is 10.8 Å². The van der Waals surface area contributed by atoms with Crippen molar-refractivity contribution in [2.45, 2.75) is 36.6 Å². The molecule has 2 rings (SSSR count). The fourth-order valence-corrected chi connectivity index (χ4v) is 3.97.